The zero-order valence-electron chi connectivity index (χ0n) is 9.85. The lowest BCUT2D eigenvalue weighted by Gasteiger charge is -2.12. The van der Waals surface area contributed by atoms with Gasteiger partial charge in [-0.3, -0.25) is 14.5 Å². The minimum absolute atomic E-state index is 0.119. The third-order valence-electron chi connectivity index (χ3n) is 2.74. The molecule has 0 aromatic heterocycles. The topological polar surface area (TPSA) is 63.4 Å². The third-order valence-corrected chi connectivity index (χ3v) is 4.43. The van der Waals surface area contributed by atoms with Crippen LogP contribution in [0.4, 0.5) is 5.69 Å². The number of carbonyl (C=O) groups is 2. The van der Waals surface area contributed by atoms with E-state index in [1.165, 1.54) is 16.7 Å². The average Bonchev–Trinajstić information content (AvgIpc) is 2.58. The molecule has 0 radical (unpaired) electrons. The van der Waals surface area contributed by atoms with Crippen molar-refractivity contribution in [2.24, 2.45) is 0 Å². The summed E-state index contributed by atoms with van der Waals surface area (Å²) in [6, 6.07) is 5.14. The molecule has 6 heteroatoms. The highest BCUT2D eigenvalue weighted by Crippen LogP contribution is 2.36. The second-order valence-corrected chi connectivity index (χ2v) is 5.63. The molecular formula is C12H13ClN2O2S. The maximum absolute atomic E-state index is 11.9. The van der Waals surface area contributed by atoms with Gasteiger partial charge in [-0.1, -0.05) is 11.6 Å². The minimum Gasteiger partial charge on any atom is -0.399 e. The number of nitrogens with two attached hydrogens (primary N) is 1. The highest BCUT2D eigenvalue weighted by atomic mass is 35.5. The Labute approximate surface area is 114 Å². The van der Waals surface area contributed by atoms with Gasteiger partial charge in [-0.15, -0.1) is 11.8 Å². The molecule has 0 spiro atoms. The highest BCUT2D eigenvalue weighted by molar-refractivity contribution is 8.00. The van der Waals surface area contributed by atoms with Crippen LogP contribution in [0.3, 0.4) is 0 Å². The van der Waals surface area contributed by atoms with Crippen molar-refractivity contribution >= 4 is 40.9 Å². The molecule has 2 N–H and O–H groups in total. The summed E-state index contributed by atoms with van der Waals surface area (Å²) >= 11 is 7.37. The van der Waals surface area contributed by atoms with Gasteiger partial charge in [0, 0.05) is 23.5 Å². The Hall–Kier alpha value is -1.20. The van der Waals surface area contributed by atoms with Gasteiger partial charge in [0.1, 0.15) is 0 Å². The summed E-state index contributed by atoms with van der Waals surface area (Å²) in [5, 5.41) is 0.133. The van der Waals surface area contributed by atoms with Gasteiger partial charge in [0.25, 0.3) is 0 Å². The summed E-state index contributed by atoms with van der Waals surface area (Å²) in [7, 11) is 0. The zero-order valence-corrected chi connectivity index (χ0v) is 11.4. The van der Waals surface area contributed by atoms with Crippen molar-refractivity contribution in [1.29, 1.82) is 0 Å². The number of imide groups is 1. The SMILES string of the molecule is CCN1C(=O)CC(Sc2ccc(N)cc2Cl)C1=O. The third kappa shape index (κ3) is 2.47. The predicted octanol–water partition coefficient (Wildman–Crippen LogP) is 2.16. The van der Waals surface area contributed by atoms with E-state index in [1.807, 2.05) is 0 Å². The molecule has 2 amide bonds. The van der Waals surface area contributed by atoms with Crippen molar-refractivity contribution in [3.05, 3.63) is 23.2 Å². The van der Waals surface area contributed by atoms with Crippen LogP contribution in [0.5, 0.6) is 0 Å². The molecule has 1 aromatic rings. The van der Waals surface area contributed by atoms with E-state index in [-0.39, 0.29) is 23.5 Å². The summed E-state index contributed by atoms with van der Waals surface area (Å²) in [6.45, 7) is 2.21. The average molecular weight is 285 g/mol. The first-order valence-electron chi connectivity index (χ1n) is 5.58. The summed E-state index contributed by atoms with van der Waals surface area (Å²) in [5.74, 6) is -0.257. The number of thioether (sulfide) groups is 1. The number of hydrogen-bond acceptors (Lipinski definition) is 4. The lowest BCUT2D eigenvalue weighted by Crippen LogP contribution is -2.30. The van der Waals surface area contributed by atoms with Crippen molar-refractivity contribution in [2.75, 3.05) is 12.3 Å². The number of nitrogens with zero attached hydrogens (tertiary/aromatic N) is 1. The van der Waals surface area contributed by atoms with Crippen molar-refractivity contribution < 1.29 is 9.59 Å². The molecule has 1 atom stereocenters. The van der Waals surface area contributed by atoms with Crippen LogP contribution in [0.1, 0.15) is 13.3 Å². The molecule has 18 heavy (non-hydrogen) atoms. The van der Waals surface area contributed by atoms with Crippen molar-refractivity contribution in [2.45, 2.75) is 23.5 Å². The first kappa shape index (κ1) is 13.2. The van der Waals surface area contributed by atoms with Crippen LogP contribution in [0.2, 0.25) is 5.02 Å². The van der Waals surface area contributed by atoms with Gasteiger partial charge in [-0.05, 0) is 25.1 Å². The molecule has 1 aliphatic rings. The molecule has 0 bridgehead atoms. The number of benzene rings is 1. The van der Waals surface area contributed by atoms with Crippen LogP contribution in [-0.4, -0.2) is 28.5 Å². The smallest absolute Gasteiger partial charge is 0.243 e. The number of likely N-dealkylation sites (tertiary alicyclic amines) is 1. The van der Waals surface area contributed by atoms with E-state index in [4.69, 9.17) is 17.3 Å². The molecule has 1 aromatic carbocycles. The Morgan fingerprint density at radius 3 is 2.78 bits per heavy atom. The second-order valence-electron chi connectivity index (χ2n) is 3.98. The first-order valence-corrected chi connectivity index (χ1v) is 6.84. The molecule has 4 nitrogen and oxygen atoms in total. The molecule has 1 heterocycles. The standard InChI is InChI=1S/C12H13ClN2O2S/c1-2-15-11(16)6-10(12(15)17)18-9-4-3-7(14)5-8(9)13/h3-5,10H,2,6,14H2,1H3. The molecule has 96 valence electrons. The normalized spacial score (nSPS) is 19.7. The highest BCUT2D eigenvalue weighted by Gasteiger charge is 2.38. The fourth-order valence-electron chi connectivity index (χ4n) is 1.84. The maximum atomic E-state index is 11.9. The molecule has 0 saturated carbocycles. The van der Waals surface area contributed by atoms with Crippen LogP contribution in [0.15, 0.2) is 23.1 Å². The first-order chi connectivity index (χ1) is 8.52. The van der Waals surface area contributed by atoms with Gasteiger partial charge in [-0.2, -0.15) is 0 Å². The Balaban J connectivity index is 2.15. The minimum atomic E-state index is -0.376. The van der Waals surface area contributed by atoms with Gasteiger partial charge < -0.3 is 5.73 Å². The van der Waals surface area contributed by atoms with Gasteiger partial charge >= 0.3 is 0 Å². The number of nitrogen functional groups attached to an aromatic ring is 1. The van der Waals surface area contributed by atoms with Gasteiger partial charge in [0.2, 0.25) is 11.8 Å². The van der Waals surface area contributed by atoms with Crippen molar-refractivity contribution in [3.8, 4) is 0 Å². The molecule has 1 unspecified atom stereocenters. The van der Waals surface area contributed by atoms with Gasteiger partial charge in [0.05, 0.1) is 10.3 Å². The van der Waals surface area contributed by atoms with E-state index in [9.17, 15) is 9.59 Å². The quantitative estimate of drug-likeness (QED) is 0.682. The zero-order chi connectivity index (χ0) is 13.3. The fourth-order valence-corrected chi connectivity index (χ4v) is 3.24. The number of hydrogen-bond donors (Lipinski definition) is 1. The summed E-state index contributed by atoms with van der Waals surface area (Å²) in [4.78, 5) is 25.6. The Morgan fingerprint density at radius 1 is 1.50 bits per heavy atom. The largest absolute Gasteiger partial charge is 0.399 e. The van der Waals surface area contributed by atoms with Crippen LogP contribution < -0.4 is 5.73 Å². The number of anilines is 1. The monoisotopic (exact) mass is 284 g/mol. The number of carbonyl (C=O) groups excluding carboxylic acids is 2. The Morgan fingerprint density at radius 2 is 2.22 bits per heavy atom. The lowest BCUT2D eigenvalue weighted by atomic mass is 10.3. The van der Waals surface area contributed by atoms with Crippen LogP contribution >= 0.6 is 23.4 Å². The van der Waals surface area contributed by atoms with E-state index >= 15 is 0 Å². The summed E-state index contributed by atoms with van der Waals surface area (Å²) in [6.07, 6.45) is 0.234. The Kier molecular flexibility index (Phi) is 3.82. The van der Waals surface area contributed by atoms with Crippen molar-refractivity contribution in [1.82, 2.24) is 4.90 Å². The summed E-state index contributed by atoms with van der Waals surface area (Å²) in [5.41, 5.74) is 6.18. The number of halogens is 1. The predicted molar refractivity (Wildman–Crippen MR) is 72.5 cm³/mol. The van der Waals surface area contributed by atoms with Crippen LogP contribution in [0, 0.1) is 0 Å². The number of rotatable bonds is 3. The van der Waals surface area contributed by atoms with Crippen LogP contribution in [-0.2, 0) is 9.59 Å². The molecule has 0 aliphatic carbocycles. The molecule has 2 rings (SSSR count). The lowest BCUT2D eigenvalue weighted by molar-refractivity contribution is -0.137. The molecule has 1 aliphatic heterocycles. The van der Waals surface area contributed by atoms with E-state index in [2.05, 4.69) is 0 Å². The fraction of sp³-hybridized carbons (Fsp3) is 0.333. The van der Waals surface area contributed by atoms with E-state index in [0.717, 1.165) is 4.90 Å². The van der Waals surface area contributed by atoms with Crippen LogP contribution in [0.25, 0.3) is 0 Å². The van der Waals surface area contributed by atoms with Crippen molar-refractivity contribution in [3.63, 3.8) is 0 Å². The summed E-state index contributed by atoms with van der Waals surface area (Å²) < 4.78 is 0. The van der Waals surface area contributed by atoms with E-state index in [0.29, 0.717) is 17.3 Å². The number of amides is 2. The molecule has 1 saturated heterocycles. The Bertz CT molecular complexity index is 507. The van der Waals surface area contributed by atoms with Gasteiger partial charge in [-0.25, -0.2) is 0 Å². The maximum Gasteiger partial charge on any atom is 0.243 e. The molecular weight excluding hydrogens is 272 g/mol. The second kappa shape index (κ2) is 5.20. The van der Waals surface area contributed by atoms with E-state index in [1.54, 1.807) is 25.1 Å². The van der Waals surface area contributed by atoms with E-state index < -0.39 is 0 Å². The van der Waals surface area contributed by atoms with Gasteiger partial charge in [0.15, 0.2) is 0 Å². The molecule has 1 fully saturated rings.